The zero-order valence-corrected chi connectivity index (χ0v) is 11.0. The summed E-state index contributed by atoms with van der Waals surface area (Å²) < 4.78 is 25.2. The molecule has 0 spiro atoms. The summed E-state index contributed by atoms with van der Waals surface area (Å²) in [5, 5.41) is 1.29. The van der Waals surface area contributed by atoms with Crippen LogP contribution in [0.4, 0.5) is 0 Å². The van der Waals surface area contributed by atoms with Gasteiger partial charge in [-0.25, -0.2) is 8.42 Å². The standard InChI is InChI=1S/C13H15NO3S/c1-14-12-7-8-13(11(12)9-17-14)18(15,16)10-5-3-2-4-6-10/h2-6,13H,7-9H2,1H3. The number of hydrogen-bond donors (Lipinski definition) is 0. The predicted octanol–water partition coefficient (Wildman–Crippen LogP) is 1.75. The monoisotopic (exact) mass is 265 g/mol. The number of hydroxylamine groups is 2. The third kappa shape index (κ3) is 1.66. The van der Waals surface area contributed by atoms with Crippen LogP contribution in [0.1, 0.15) is 12.8 Å². The fourth-order valence-electron chi connectivity index (χ4n) is 2.69. The van der Waals surface area contributed by atoms with Gasteiger partial charge in [-0.3, -0.25) is 9.90 Å². The minimum Gasteiger partial charge on any atom is -0.269 e. The van der Waals surface area contributed by atoms with E-state index < -0.39 is 15.1 Å². The highest BCUT2D eigenvalue weighted by molar-refractivity contribution is 7.92. The van der Waals surface area contributed by atoms with Gasteiger partial charge in [0.15, 0.2) is 9.84 Å². The molecule has 0 N–H and O–H groups in total. The fraction of sp³-hybridized carbons (Fsp3) is 0.385. The molecular weight excluding hydrogens is 250 g/mol. The van der Waals surface area contributed by atoms with Crippen LogP contribution in [0.3, 0.4) is 0 Å². The van der Waals surface area contributed by atoms with E-state index >= 15 is 0 Å². The van der Waals surface area contributed by atoms with Crippen molar-refractivity contribution >= 4 is 9.84 Å². The van der Waals surface area contributed by atoms with Gasteiger partial charge in [0.05, 0.1) is 16.8 Å². The number of allylic oxidation sites excluding steroid dienone is 1. The van der Waals surface area contributed by atoms with E-state index in [1.54, 1.807) is 29.3 Å². The normalized spacial score (nSPS) is 23.6. The number of rotatable bonds is 2. The van der Waals surface area contributed by atoms with Crippen LogP contribution >= 0.6 is 0 Å². The van der Waals surface area contributed by atoms with Crippen LogP contribution in [0.5, 0.6) is 0 Å². The molecule has 0 saturated heterocycles. The van der Waals surface area contributed by atoms with Crippen molar-refractivity contribution in [3.63, 3.8) is 0 Å². The summed E-state index contributed by atoms with van der Waals surface area (Å²) in [4.78, 5) is 5.78. The molecule has 0 saturated carbocycles. The van der Waals surface area contributed by atoms with Crippen molar-refractivity contribution in [3.8, 4) is 0 Å². The summed E-state index contributed by atoms with van der Waals surface area (Å²) >= 11 is 0. The predicted molar refractivity (Wildman–Crippen MR) is 67.4 cm³/mol. The van der Waals surface area contributed by atoms with Crippen molar-refractivity contribution in [3.05, 3.63) is 41.6 Å². The molecule has 18 heavy (non-hydrogen) atoms. The maximum absolute atomic E-state index is 12.6. The van der Waals surface area contributed by atoms with Crippen LogP contribution < -0.4 is 0 Å². The lowest BCUT2D eigenvalue weighted by Gasteiger charge is -2.15. The van der Waals surface area contributed by atoms with E-state index in [1.807, 2.05) is 13.1 Å². The summed E-state index contributed by atoms with van der Waals surface area (Å²) in [6.45, 7) is 0.405. The molecule has 1 aliphatic heterocycles. The van der Waals surface area contributed by atoms with Crippen molar-refractivity contribution in [2.45, 2.75) is 23.0 Å². The van der Waals surface area contributed by atoms with Crippen molar-refractivity contribution in [1.82, 2.24) is 5.06 Å². The minimum atomic E-state index is -3.28. The van der Waals surface area contributed by atoms with Gasteiger partial charge in [0, 0.05) is 12.7 Å². The first-order valence-corrected chi connectivity index (χ1v) is 7.53. The fourth-order valence-corrected chi connectivity index (χ4v) is 4.56. The number of benzene rings is 1. The van der Waals surface area contributed by atoms with Gasteiger partial charge >= 0.3 is 0 Å². The molecule has 0 bridgehead atoms. The molecule has 1 unspecified atom stereocenters. The van der Waals surface area contributed by atoms with E-state index in [4.69, 9.17) is 4.84 Å². The summed E-state index contributed by atoms with van der Waals surface area (Å²) in [6.07, 6.45) is 1.44. The highest BCUT2D eigenvalue weighted by Gasteiger charge is 2.40. The Balaban J connectivity index is 2.00. The maximum atomic E-state index is 12.6. The van der Waals surface area contributed by atoms with E-state index in [9.17, 15) is 8.42 Å². The van der Waals surface area contributed by atoms with E-state index in [0.717, 1.165) is 17.7 Å². The molecule has 1 heterocycles. The minimum absolute atomic E-state index is 0.401. The van der Waals surface area contributed by atoms with Crippen molar-refractivity contribution in [2.24, 2.45) is 0 Å². The van der Waals surface area contributed by atoms with Gasteiger partial charge in [-0.05, 0) is 30.5 Å². The molecular formula is C13H15NO3S. The Labute approximate surface area is 107 Å². The lowest BCUT2D eigenvalue weighted by atomic mass is 10.2. The Bertz CT molecular complexity index is 592. The van der Waals surface area contributed by atoms with Gasteiger partial charge in [-0.1, -0.05) is 18.2 Å². The number of hydrogen-bond acceptors (Lipinski definition) is 4. The van der Waals surface area contributed by atoms with Gasteiger partial charge in [-0.15, -0.1) is 0 Å². The average Bonchev–Trinajstić information content (AvgIpc) is 2.94. The van der Waals surface area contributed by atoms with E-state index in [2.05, 4.69) is 0 Å². The first-order valence-electron chi connectivity index (χ1n) is 5.98. The molecule has 3 rings (SSSR count). The van der Waals surface area contributed by atoms with Crippen LogP contribution in [-0.4, -0.2) is 32.4 Å². The molecule has 0 radical (unpaired) electrons. The second-order valence-corrected chi connectivity index (χ2v) is 6.76. The highest BCUT2D eigenvalue weighted by Crippen LogP contribution is 2.39. The Hall–Kier alpha value is -1.33. The average molecular weight is 265 g/mol. The topological polar surface area (TPSA) is 46.6 Å². The van der Waals surface area contributed by atoms with Crippen molar-refractivity contribution < 1.29 is 13.3 Å². The third-order valence-electron chi connectivity index (χ3n) is 3.64. The largest absolute Gasteiger partial charge is 0.269 e. The van der Waals surface area contributed by atoms with Crippen molar-refractivity contribution in [1.29, 1.82) is 0 Å². The maximum Gasteiger partial charge on any atom is 0.185 e. The van der Waals surface area contributed by atoms with Crippen molar-refractivity contribution in [2.75, 3.05) is 13.7 Å². The first kappa shape index (κ1) is 11.7. The smallest absolute Gasteiger partial charge is 0.185 e. The third-order valence-corrected chi connectivity index (χ3v) is 5.84. The van der Waals surface area contributed by atoms with Gasteiger partial charge < -0.3 is 0 Å². The lowest BCUT2D eigenvalue weighted by molar-refractivity contribution is -0.0817. The van der Waals surface area contributed by atoms with E-state index in [-0.39, 0.29) is 0 Å². The molecule has 4 nitrogen and oxygen atoms in total. The molecule has 0 aromatic heterocycles. The van der Waals surface area contributed by atoms with Gasteiger partial charge in [0.25, 0.3) is 0 Å². The zero-order valence-electron chi connectivity index (χ0n) is 10.2. The second kappa shape index (κ2) is 4.10. The summed E-state index contributed by atoms with van der Waals surface area (Å²) in [6, 6.07) is 8.66. The molecule has 1 aromatic carbocycles. The van der Waals surface area contributed by atoms with Gasteiger partial charge in [0.2, 0.25) is 0 Å². The van der Waals surface area contributed by atoms with Crippen LogP contribution in [0, 0.1) is 0 Å². The molecule has 0 fully saturated rings. The Kier molecular flexibility index (Phi) is 2.68. The molecule has 1 aromatic rings. The molecule has 96 valence electrons. The van der Waals surface area contributed by atoms with Gasteiger partial charge in [0.1, 0.15) is 0 Å². The van der Waals surface area contributed by atoms with Crippen LogP contribution in [0.2, 0.25) is 0 Å². The van der Waals surface area contributed by atoms with Crippen LogP contribution in [-0.2, 0) is 14.7 Å². The van der Waals surface area contributed by atoms with Crippen LogP contribution in [0.15, 0.2) is 46.5 Å². The SMILES string of the molecule is CN1OCC2=C1CCC2S(=O)(=O)c1ccccc1. The summed E-state index contributed by atoms with van der Waals surface area (Å²) in [7, 11) is -1.45. The molecule has 5 heteroatoms. The molecule has 1 atom stereocenters. The number of nitrogens with zero attached hydrogens (tertiary/aromatic N) is 1. The van der Waals surface area contributed by atoms with Gasteiger partial charge in [-0.2, -0.15) is 0 Å². The Morgan fingerprint density at radius 2 is 2.00 bits per heavy atom. The summed E-state index contributed by atoms with van der Waals surface area (Å²) in [5.74, 6) is 0. The Morgan fingerprint density at radius 1 is 1.28 bits per heavy atom. The lowest BCUT2D eigenvalue weighted by Crippen LogP contribution is -2.22. The Morgan fingerprint density at radius 3 is 2.72 bits per heavy atom. The number of sulfone groups is 1. The zero-order chi connectivity index (χ0) is 12.8. The van der Waals surface area contributed by atoms with E-state index in [0.29, 0.717) is 17.9 Å². The highest BCUT2D eigenvalue weighted by atomic mass is 32.2. The quantitative estimate of drug-likeness (QED) is 0.817. The van der Waals surface area contributed by atoms with E-state index in [1.165, 1.54) is 0 Å². The van der Waals surface area contributed by atoms with Crippen LogP contribution in [0.25, 0.3) is 0 Å². The summed E-state index contributed by atoms with van der Waals surface area (Å²) in [5.41, 5.74) is 1.97. The molecule has 2 aliphatic rings. The molecule has 0 amide bonds. The second-order valence-electron chi connectivity index (χ2n) is 4.63. The first-order chi connectivity index (χ1) is 8.60. The molecule has 1 aliphatic carbocycles.